The molecule has 28 heavy (non-hydrogen) atoms. The second-order valence-electron chi connectivity index (χ2n) is 8.21. The van der Waals surface area contributed by atoms with Crippen molar-refractivity contribution in [2.24, 2.45) is 5.92 Å². The molecule has 1 aromatic rings. The summed E-state index contributed by atoms with van der Waals surface area (Å²) in [7, 11) is 0. The third-order valence-corrected chi connectivity index (χ3v) is 6.43. The fraction of sp³-hybridized carbons (Fsp3) is 0.737. The molecule has 4 rings (SSSR count). The van der Waals surface area contributed by atoms with Crippen LogP contribution in [0.4, 0.5) is 4.79 Å². The summed E-state index contributed by atoms with van der Waals surface area (Å²) in [4.78, 5) is 38.8. The molecule has 2 N–H and O–H groups in total. The van der Waals surface area contributed by atoms with Crippen LogP contribution in [0.2, 0.25) is 0 Å². The van der Waals surface area contributed by atoms with Crippen molar-refractivity contribution in [3.8, 4) is 0 Å². The van der Waals surface area contributed by atoms with Crippen molar-refractivity contribution in [3.63, 3.8) is 0 Å². The van der Waals surface area contributed by atoms with E-state index < -0.39 is 11.6 Å². The number of hydrogen-bond donors (Lipinski definition) is 2. The van der Waals surface area contributed by atoms with E-state index in [1.54, 1.807) is 0 Å². The predicted molar refractivity (Wildman–Crippen MR) is 100 cm³/mol. The van der Waals surface area contributed by atoms with E-state index in [-0.39, 0.29) is 30.8 Å². The van der Waals surface area contributed by atoms with Gasteiger partial charge in [0.05, 0.1) is 6.54 Å². The highest BCUT2D eigenvalue weighted by Crippen LogP contribution is 2.38. The molecule has 0 aromatic carbocycles. The molecule has 9 heteroatoms. The zero-order valence-corrected chi connectivity index (χ0v) is 16.4. The predicted octanol–water partition coefficient (Wildman–Crippen LogP) is 1.12. The standard InChI is InChI=1S/C19H28N6O3/c1-13-7-4-5-9-19(13)17(27)25(18(28)21-19)12-16(26)20-11-15-23-22-14-8-3-2-6-10-24(14)15/h13H,2-12H2,1H3,(H,20,26)(H,21,28)/t13-,19-/m1/s1. The topological polar surface area (TPSA) is 109 Å². The Morgan fingerprint density at radius 2 is 2.07 bits per heavy atom. The van der Waals surface area contributed by atoms with Gasteiger partial charge in [0.2, 0.25) is 5.91 Å². The first-order valence-electron chi connectivity index (χ1n) is 10.3. The number of amides is 4. The minimum absolute atomic E-state index is 0.0808. The number of carbonyl (C=O) groups excluding carboxylic acids is 3. The number of fused-ring (bicyclic) bond motifs is 1. The van der Waals surface area contributed by atoms with Gasteiger partial charge in [-0.15, -0.1) is 10.2 Å². The highest BCUT2D eigenvalue weighted by Gasteiger charge is 2.55. The Kier molecular flexibility index (Phi) is 5.07. The van der Waals surface area contributed by atoms with Gasteiger partial charge in [-0.1, -0.05) is 26.2 Å². The van der Waals surface area contributed by atoms with E-state index in [9.17, 15) is 14.4 Å². The minimum Gasteiger partial charge on any atom is -0.347 e. The van der Waals surface area contributed by atoms with Gasteiger partial charge in [0.15, 0.2) is 5.82 Å². The third-order valence-electron chi connectivity index (χ3n) is 6.43. The van der Waals surface area contributed by atoms with Gasteiger partial charge in [-0.25, -0.2) is 4.79 Å². The monoisotopic (exact) mass is 388 g/mol. The normalized spacial score (nSPS) is 27.5. The number of urea groups is 1. The van der Waals surface area contributed by atoms with Crippen LogP contribution in [0.5, 0.6) is 0 Å². The Hall–Kier alpha value is -2.45. The highest BCUT2D eigenvalue weighted by atomic mass is 16.2. The Morgan fingerprint density at radius 1 is 1.21 bits per heavy atom. The molecule has 3 aliphatic rings. The van der Waals surface area contributed by atoms with Crippen LogP contribution >= 0.6 is 0 Å². The van der Waals surface area contributed by atoms with Crippen LogP contribution in [-0.4, -0.2) is 49.6 Å². The summed E-state index contributed by atoms with van der Waals surface area (Å²) in [5, 5.41) is 14.1. The van der Waals surface area contributed by atoms with Crippen molar-refractivity contribution in [1.29, 1.82) is 0 Å². The molecule has 2 aliphatic heterocycles. The van der Waals surface area contributed by atoms with Gasteiger partial charge >= 0.3 is 6.03 Å². The zero-order valence-electron chi connectivity index (χ0n) is 16.4. The Morgan fingerprint density at radius 3 is 2.89 bits per heavy atom. The number of nitrogens with one attached hydrogen (secondary N) is 2. The summed E-state index contributed by atoms with van der Waals surface area (Å²) in [6, 6.07) is -0.467. The summed E-state index contributed by atoms with van der Waals surface area (Å²) >= 11 is 0. The molecule has 2 atom stereocenters. The van der Waals surface area contributed by atoms with Gasteiger partial charge < -0.3 is 15.2 Å². The van der Waals surface area contributed by atoms with Crippen LogP contribution in [0.1, 0.15) is 63.5 Å². The van der Waals surface area contributed by atoms with Crippen LogP contribution in [0.15, 0.2) is 0 Å². The van der Waals surface area contributed by atoms with Crippen LogP contribution < -0.4 is 10.6 Å². The van der Waals surface area contributed by atoms with Gasteiger partial charge in [0.25, 0.3) is 5.91 Å². The maximum absolute atomic E-state index is 12.9. The molecule has 1 saturated carbocycles. The quantitative estimate of drug-likeness (QED) is 0.752. The first-order valence-corrected chi connectivity index (χ1v) is 10.3. The van der Waals surface area contributed by atoms with Gasteiger partial charge in [0, 0.05) is 13.0 Å². The second kappa shape index (κ2) is 7.52. The summed E-state index contributed by atoms with van der Waals surface area (Å²) in [5.41, 5.74) is -0.833. The van der Waals surface area contributed by atoms with Crippen molar-refractivity contribution in [2.75, 3.05) is 6.54 Å². The molecular formula is C19H28N6O3. The number of aromatic nitrogens is 3. The Labute approximate surface area is 164 Å². The first kappa shape index (κ1) is 18.9. The molecule has 0 unspecified atom stereocenters. The molecular weight excluding hydrogens is 360 g/mol. The van der Waals surface area contributed by atoms with Crippen LogP contribution in [0, 0.1) is 5.92 Å². The van der Waals surface area contributed by atoms with Gasteiger partial charge in [-0.3, -0.25) is 14.5 Å². The van der Waals surface area contributed by atoms with Crippen molar-refractivity contribution in [1.82, 2.24) is 30.3 Å². The van der Waals surface area contributed by atoms with Crippen molar-refractivity contribution in [2.45, 2.75) is 76.9 Å². The van der Waals surface area contributed by atoms with Gasteiger partial charge in [-0.05, 0) is 31.6 Å². The van der Waals surface area contributed by atoms with E-state index in [1.165, 1.54) is 6.42 Å². The van der Waals surface area contributed by atoms with Crippen LogP contribution in [0.25, 0.3) is 0 Å². The first-order chi connectivity index (χ1) is 13.5. The molecule has 152 valence electrons. The van der Waals surface area contributed by atoms with E-state index in [4.69, 9.17) is 0 Å². The fourth-order valence-corrected chi connectivity index (χ4v) is 4.69. The maximum Gasteiger partial charge on any atom is 0.325 e. The number of hydrogen-bond acceptors (Lipinski definition) is 5. The summed E-state index contributed by atoms with van der Waals surface area (Å²) in [6.07, 6.45) is 7.78. The van der Waals surface area contributed by atoms with Crippen LogP contribution in [0.3, 0.4) is 0 Å². The summed E-state index contributed by atoms with van der Waals surface area (Å²) < 4.78 is 2.07. The highest BCUT2D eigenvalue weighted by molar-refractivity contribution is 6.09. The van der Waals surface area contributed by atoms with Crippen molar-refractivity contribution in [3.05, 3.63) is 11.6 Å². The molecule has 0 bridgehead atoms. The molecule has 4 amide bonds. The molecule has 1 aromatic heterocycles. The summed E-state index contributed by atoms with van der Waals surface area (Å²) in [5.74, 6) is 1.13. The smallest absolute Gasteiger partial charge is 0.325 e. The number of carbonyl (C=O) groups is 3. The molecule has 2 fully saturated rings. The number of imide groups is 1. The van der Waals surface area contributed by atoms with E-state index >= 15 is 0 Å². The molecule has 1 saturated heterocycles. The molecule has 0 radical (unpaired) electrons. The van der Waals surface area contributed by atoms with E-state index in [1.807, 2.05) is 6.92 Å². The molecule has 9 nitrogen and oxygen atoms in total. The zero-order chi connectivity index (χ0) is 19.7. The average Bonchev–Trinajstić information content (AvgIpc) is 3.04. The third kappa shape index (κ3) is 3.27. The molecule has 1 aliphatic carbocycles. The minimum atomic E-state index is -0.833. The van der Waals surface area contributed by atoms with E-state index in [2.05, 4.69) is 25.4 Å². The lowest BCUT2D eigenvalue weighted by molar-refractivity contribution is -0.137. The van der Waals surface area contributed by atoms with E-state index in [0.717, 1.165) is 61.6 Å². The van der Waals surface area contributed by atoms with Gasteiger partial charge in [0.1, 0.15) is 17.9 Å². The fourth-order valence-electron chi connectivity index (χ4n) is 4.69. The Bertz CT molecular complexity index is 791. The van der Waals surface area contributed by atoms with Gasteiger partial charge in [-0.2, -0.15) is 0 Å². The van der Waals surface area contributed by atoms with Crippen LogP contribution in [-0.2, 0) is 29.1 Å². The molecule has 3 heterocycles. The lowest BCUT2D eigenvalue weighted by atomic mass is 9.73. The lowest BCUT2D eigenvalue weighted by Crippen LogP contribution is -2.54. The van der Waals surface area contributed by atoms with Crippen molar-refractivity contribution >= 4 is 17.8 Å². The lowest BCUT2D eigenvalue weighted by Gasteiger charge is -2.36. The second-order valence-corrected chi connectivity index (χ2v) is 8.21. The van der Waals surface area contributed by atoms with E-state index in [0.29, 0.717) is 6.42 Å². The van der Waals surface area contributed by atoms with Crippen molar-refractivity contribution < 1.29 is 14.4 Å². The number of aryl methyl sites for hydroxylation is 1. The Balaban J connectivity index is 1.37. The summed E-state index contributed by atoms with van der Waals surface area (Å²) in [6.45, 7) is 2.84. The SMILES string of the molecule is C[C@@H]1CCCC[C@@]12NC(=O)N(CC(=O)NCc1nnc3n1CCCCC3)C2=O. The molecule has 1 spiro atoms. The largest absolute Gasteiger partial charge is 0.347 e. The maximum atomic E-state index is 12.9. The number of nitrogens with zero attached hydrogens (tertiary/aromatic N) is 4. The average molecular weight is 388 g/mol. The number of rotatable bonds is 4.